The Morgan fingerprint density at radius 1 is 0.800 bits per heavy atom. The molecule has 0 spiro atoms. The van der Waals surface area contributed by atoms with Crippen molar-refractivity contribution in [2.24, 2.45) is 10.2 Å². The van der Waals surface area contributed by atoms with Gasteiger partial charge in [0.2, 0.25) is 0 Å². The van der Waals surface area contributed by atoms with Crippen LogP contribution in [0.5, 0.6) is 5.75 Å². The van der Waals surface area contributed by atoms with Crippen molar-refractivity contribution in [3.63, 3.8) is 0 Å². The Hall–Kier alpha value is -1.25. The average Bonchev–Trinajstić information content (AvgIpc) is 2.37. The van der Waals surface area contributed by atoms with Gasteiger partial charge in [0.05, 0.1) is 16.3 Å². The quantitative estimate of drug-likeness (QED) is 0.475. The molecule has 6 nitrogen and oxygen atoms in total. The van der Waals surface area contributed by atoms with Crippen molar-refractivity contribution in [3.05, 3.63) is 48.5 Å². The fourth-order valence-electron chi connectivity index (χ4n) is 1.32. The molecule has 0 bridgehead atoms. The van der Waals surface area contributed by atoms with Crippen molar-refractivity contribution in [1.29, 1.82) is 0 Å². The summed E-state index contributed by atoms with van der Waals surface area (Å²) in [5.41, 5.74) is 0.997. The third-order valence-electron chi connectivity index (χ3n) is 2.27. The largest absolute Gasteiger partial charge is 1.00 e. The minimum absolute atomic E-state index is 0. The first kappa shape index (κ1) is 16.8. The fourth-order valence-corrected chi connectivity index (χ4v) is 1.80. The number of nitrogens with zero attached hydrogens (tertiary/aromatic N) is 2. The Kier molecular flexibility index (Phi) is 5.85. The number of phenolic OH excluding ortho intramolecular Hbond substituents is 1. The molecule has 0 saturated heterocycles. The molecule has 0 aliphatic rings. The first-order valence-corrected chi connectivity index (χ1v) is 6.67. The zero-order valence-corrected chi connectivity index (χ0v) is 13.4. The van der Waals surface area contributed by atoms with Crippen LogP contribution in [0.2, 0.25) is 0 Å². The number of rotatable bonds is 3. The van der Waals surface area contributed by atoms with Gasteiger partial charge in [-0.25, -0.2) is 0 Å². The van der Waals surface area contributed by atoms with Crippen LogP contribution in [0.25, 0.3) is 0 Å². The van der Waals surface area contributed by atoms with Crippen LogP contribution >= 0.6 is 0 Å². The van der Waals surface area contributed by atoms with Gasteiger partial charge in [-0.05, 0) is 48.5 Å². The number of phenols is 1. The van der Waals surface area contributed by atoms with Gasteiger partial charge in [0.15, 0.2) is 0 Å². The van der Waals surface area contributed by atoms with E-state index in [1.807, 2.05) is 0 Å². The van der Waals surface area contributed by atoms with Crippen LogP contribution in [0.4, 0.5) is 11.4 Å². The molecule has 2 rings (SSSR count). The van der Waals surface area contributed by atoms with Crippen molar-refractivity contribution >= 4 is 21.5 Å². The first-order valence-electron chi connectivity index (χ1n) is 5.23. The molecular weight excluding hydrogens is 291 g/mol. The molecular formula is C12H10N2NaO4S+. The average molecular weight is 301 g/mol. The molecule has 98 valence electrons. The molecule has 0 saturated carbocycles. The van der Waals surface area contributed by atoms with Gasteiger partial charge >= 0.3 is 29.6 Å². The minimum Gasteiger partial charge on any atom is -0.508 e. The Bertz CT molecular complexity index is 697. The van der Waals surface area contributed by atoms with E-state index in [-0.39, 0.29) is 40.2 Å². The predicted molar refractivity (Wildman–Crippen MR) is 68.5 cm³/mol. The van der Waals surface area contributed by atoms with E-state index >= 15 is 0 Å². The van der Waals surface area contributed by atoms with Gasteiger partial charge in [-0.15, -0.1) is 0 Å². The van der Waals surface area contributed by atoms with E-state index in [0.29, 0.717) is 11.4 Å². The predicted octanol–water partition coefficient (Wildman–Crippen LogP) is 0.0583. The molecule has 20 heavy (non-hydrogen) atoms. The van der Waals surface area contributed by atoms with E-state index in [4.69, 9.17) is 9.66 Å². The standard InChI is InChI=1S/C12H10N2O4S.Na/c15-11-5-1-9(2-6-11)13-14-10-3-7-12(8-4-10)19(16,17)18;/h1-8,15H,(H,16,17,18);/q;+1. The molecule has 0 amide bonds. The number of benzene rings is 2. The Balaban J connectivity index is 0.00000200. The van der Waals surface area contributed by atoms with Crippen molar-refractivity contribution < 1.29 is 47.6 Å². The summed E-state index contributed by atoms with van der Waals surface area (Å²) in [7, 11) is -4.19. The number of hydrogen-bond acceptors (Lipinski definition) is 5. The van der Waals surface area contributed by atoms with Gasteiger partial charge in [0, 0.05) is 0 Å². The van der Waals surface area contributed by atoms with E-state index < -0.39 is 10.1 Å². The van der Waals surface area contributed by atoms with Crippen LogP contribution in [0.1, 0.15) is 0 Å². The van der Waals surface area contributed by atoms with Crippen LogP contribution in [0.15, 0.2) is 63.7 Å². The Morgan fingerprint density at radius 3 is 1.60 bits per heavy atom. The van der Waals surface area contributed by atoms with Gasteiger partial charge in [0.1, 0.15) is 5.75 Å². The second-order valence-electron chi connectivity index (χ2n) is 3.69. The molecule has 2 aromatic rings. The molecule has 0 unspecified atom stereocenters. The van der Waals surface area contributed by atoms with E-state index in [0.717, 1.165) is 0 Å². The number of azo groups is 1. The number of aromatic hydroxyl groups is 1. The second kappa shape index (κ2) is 6.96. The van der Waals surface area contributed by atoms with E-state index in [1.54, 1.807) is 12.1 Å². The summed E-state index contributed by atoms with van der Waals surface area (Å²) >= 11 is 0. The molecule has 0 aromatic heterocycles. The van der Waals surface area contributed by atoms with Gasteiger partial charge < -0.3 is 5.11 Å². The monoisotopic (exact) mass is 301 g/mol. The SMILES string of the molecule is O=S(=O)(O)c1ccc(N=Nc2ccc(O)cc2)cc1.[Na+]. The van der Waals surface area contributed by atoms with Crippen LogP contribution in [-0.2, 0) is 10.1 Å². The molecule has 0 radical (unpaired) electrons. The van der Waals surface area contributed by atoms with Crippen LogP contribution < -0.4 is 29.6 Å². The van der Waals surface area contributed by atoms with Crippen molar-refractivity contribution in [3.8, 4) is 5.75 Å². The molecule has 0 fully saturated rings. The van der Waals surface area contributed by atoms with Crippen LogP contribution in [0, 0.1) is 0 Å². The molecule has 0 atom stereocenters. The zero-order chi connectivity index (χ0) is 13.9. The second-order valence-corrected chi connectivity index (χ2v) is 5.11. The number of hydrogen-bond donors (Lipinski definition) is 2. The summed E-state index contributed by atoms with van der Waals surface area (Å²) in [5.74, 6) is 0.136. The summed E-state index contributed by atoms with van der Waals surface area (Å²) in [5, 5.41) is 16.9. The van der Waals surface area contributed by atoms with E-state index in [1.165, 1.54) is 36.4 Å². The van der Waals surface area contributed by atoms with Crippen molar-refractivity contribution in [2.45, 2.75) is 4.90 Å². The summed E-state index contributed by atoms with van der Waals surface area (Å²) in [6.45, 7) is 0. The Labute approximate surface area is 138 Å². The van der Waals surface area contributed by atoms with Gasteiger partial charge in [-0.1, -0.05) is 0 Å². The molecule has 0 aliphatic heterocycles. The first-order chi connectivity index (χ1) is 8.95. The van der Waals surface area contributed by atoms with E-state index in [2.05, 4.69) is 10.2 Å². The van der Waals surface area contributed by atoms with Crippen LogP contribution in [0.3, 0.4) is 0 Å². The minimum atomic E-state index is -4.19. The summed E-state index contributed by atoms with van der Waals surface area (Å²) < 4.78 is 30.5. The third-order valence-corrected chi connectivity index (χ3v) is 3.13. The smallest absolute Gasteiger partial charge is 0.508 e. The maximum Gasteiger partial charge on any atom is 1.00 e. The van der Waals surface area contributed by atoms with E-state index in [9.17, 15) is 8.42 Å². The Morgan fingerprint density at radius 2 is 1.20 bits per heavy atom. The summed E-state index contributed by atoms with van der Waals surface area (Å²) in [6.07, 6.45) is 0. The van der Waals surface area contributed by atoms with Gasteiger partial charge in [-0.2, -0.15) is 18.6 Å². The van der Waals surface area contributed by atoms with Crippen molar-refractivity contribution in [1.82, 2.24) is 0 Å². The maximum absolute atomic E-state index is 10.8. The molecule has 8 heteroatoms. The molecule has 0 aliphatic carbocycles. The van der Waals surface area contributed by atoms with Gasteiger partial charge in [-0.3, -0.25) is 4.55 Å². The van der Waals surface area contributed by atoms with Gasteiger partial charge in [0.25, 0.3) is 10.1 Å². The fraction of sp³-hybridized carbons (Fsp3) is 0. The molecule has 2 N–H and O–H groups in total. The maximum atomic E-state index is 10.8. The van der Waals surface area contributed by atoms with Crippen LogP contribution in [-0.4, -0.2) is 18.1 Å². The zero-order valence-electron chi connectivity index (χ0n) is 10.6. The third kappa shape index (κ3) is 4.69. The molecule has 2 aromatic carbocycles. The van der Waals surface area contributed by atoms with Crippen molar-refractivity contribution in [2.75, 3.05) is 0 Å². The molecule has 0 heterocycles. The summed E-state index contributed by atoms with van der Waals surface area (Å²) in [6, 6.07) is 11.5. The normalized spacial score (nSPS) is 11.2. The topological polar surface area (TPSA) is 99.3 Å². The summed E-state index contributed by atoms with van der Waals surface area (Å²) in [4.78, 5) is -0.198.